The third kappa shape index (κ3) is 6.10. The first kappa shape index (κ1) is 29.2. The number of benzene rings is 1. The molecule has 42 heavy (non-hydrogen) atoms. The monoisotopic (exact) mass is 588 g/mol. The number of rotatable bonds is 13. The lowest BCUT2D eigenvalue weighted by molar-refractivity contribution is -0.140. The first-order valence-corrected chi connectivity index (χ1v) is 17.1. The van der Waals surface area contributed by atoms with Crippen LogP contribution in [0.4, 0.5) is 0 Å². The summed E-state index contributed by atoms with van der Waals surface area (Å²) in [6, 6.07) is 10.4. The van der Waals surface area contributed by atoms with E-state index in [-0.39, 0.29) is 29.9 Å². The van der Waals surface area contributed by atoms with Gasteiger partial charge in [-0.2, -0.15) is 0 Å². The highest BCUT2D eigenvalue weighted by Crippen LogP contribution is 2.58. The number of unbranched alkanes of at least 4 members (excludes halogenated alkanes) is 3. The van der Waals surface area contributed by atoms with Gasteiger partial charge in [0.1, 0.15) is 5.75 Å². The number of carbonyl (C=O) groups is 2. The number of ether oxygens (including phenoxy) is 2. The normalized spacial score (nSPS) is 24.9. The lowest BCUT2D eigenvalue weighted by Crippen LogP contribution is -2.42. The van der Waals surface area contributed by atoms with Crippen molar-refractivity contribution in [3.8, 4) is 16.2 Å². The van der Waals surface area contributed by atoms with Crippen LogP contribution in [0.5, 0.6) is 5.75 Å². The zero-order chi connectivity index (χ0) is 29.2. The molecule has 5 fully saturated rings. The van der Waals surface area contributed by atoms with Crippen LogP contribution < -0.4 is 4.74 Å². The number of esters is 1. The van der Waals surface area contributed by atoms with Crippen molar-refractivity contribution in [2.45, 2.75) is 84.5 Å². The number of carbonyl (C=O) groups excluding carboxylic acids is 1. The van der Waals surface area contributed by atoms with Crippen molar-refractivity contribution in [3.63, 3.8) is 0 Å². The van der Waals surface area contributed by atoms with Crippen molar-refractivity contribution in [2.75, 3.05) is 13.2 Å². The molecule has 1 aromatic carbocycles. The molecule has 1 heterocycles. The molecule has 0 radical (unpaired) electrons. The molecule has 0 amide bonds. The smallest absolute Gasteiger partial charge is 0.339 e. The van der Waals surface area contributed by atoms with Gasteiger partial charge in [-0.25, -0.2) is 9.59 Å². The van der Waals surface area contributed by atoms with Gasteiger partial charge in [-0.05, 0) is 146 Å². The molecule has 0 atom stereocenters. The fourth-order valence-electron chi connectivity index (χ4n) is 8.04. The average molecular weight is 589 g/mol. The molecule has 4 bridgehead atoms. The molecule has 0 saturated heterocycles. The molecule has 6 heteroatoms. The molecule has 224 valence electrons. The second kappa shape index (κ2) is 12.8. The van der Waals surface area contributed by atoms with Crippen LogP contribution in [0.1, 0.15) is 90.0 Å². The standard InChI is InChI=1S/C36H44O5S/c1-3-5-6-7-14-41-29-12-10-24(11-13-29)30-20-28(21-42-30)31(25-8-9-25)34(36(39)40-4-2)33(35(37)38)32-26-16-22-15-23(18-26)19-27(32)17-22/h10-13,20-23,25-27H,3-9,14-19H2,1-2H3,(H,37,38). The summed E-state index contributed by atoms with van der Waals surface area (Å²) < 4.78 is 11.6. The van der Waals surface area contributed by atoms with Gasteiger partial charge < -0.3 is 14.6 Å². The van der Waals surface area contributed by atoms with E-state index in [0.29, 0.717) is 17.4 Å². The Balaban J connectivity index is 1.35. The maximum absolute atomic E-state index is 13.7. The van der Waals surface area contributed by atoms with Gasteiger partial charge >= 0.3 is 11.9 Å². The number of allylic oxidation sites excluding steroid dienone is 2. The average Bonchev–Trinajstić information content (AvgIpc) is 3.69. The van der Waals surface area contributed by atoms with E-state index in [1.165, 1.54) is 25.7 Å². The summed E-state index contributed by atoms with van der Waals surface area (Å²) in [7, 11) is 0. The molecule has 0 unspecified atom stereocenters. The van der Waals surface area contributed by atoms with Crippen molar-refractivity contribution in [1.82, 2.24) is 0 Å². The Morgan fingerprint density at radius 1 is 0.929 bits per heavy atom. The van der Waals surface area contributed by atoms with Crippen LogP contribution in [0.15, 0.2) is 52.4 Å². The summed E-state index contributed by atoms with van der Waals surface area (Å²) in [6.07, 6.45) is 12.2. The summed E-state index contributed by atoms with van der Waals surface area (Å²) in [6.45, 7) is 4.96. The Hall–Kier alpha value is -2.86. The van der Waals surface area contributed by atoms with E-state index < -0.39 is 11.9 Å². The Labute approximate surface area is 254 Å². The molecule has 5 nitrogen and oxygen atoms in total. The van der Waals surface area contributed by atoms with E-state index in [1.54, 1.807) is 18.3 Å². The van der Waals surface area contributed by atoms with Gasteiger partial charge in [-0.15, -0.1) is 11.3 Å². The number of carboxylic acid groups (broad SMARTS) is 1. The van der Waals surface area contributed by atoms with E-state index in [9.17, 15) is 14.7 Å². The molecule has 5 aliphatic rings. The van der Waals surface area contributed by atoms with Crippen molar-refractivity contribution >= 4 is 28.8 Å². The molecular formula is C36H44O5S. The first-order valence-electron chi connectivity index (χ1n) is 16.2. The van der Waals surface area contributed by atoms with Crippen LogP contribution in [0.3, 0.4) is 0 Å². The molecule has 0 aliphatic heterocycles. The highest BCUT2D eigenvalue weighted by atomic mass is 32.1. The van der Waals surface area contributed by atoms with Crippen LogP contribution in [-0.2, 0) is 14.3 Å². The minimum absolute atomic E-state index is 0.183. The van der Waals surface area contributed by atoms with E-state index in [4.69, 9.17) is 9.47 Å². The van der Waals surface area contributed by atoms with E-state index >= 15 is 0 Å². The number of thiophene rings is 1. The quantitative estimate of drug-likeness (QED) is 0.144. The van der Waals surface area contributed by atoms with Gasteiger partial charge in [-0.1, -0.05) is 26.2 Å². The Morgan fingerprint density at radius 2 is 1.62 bits per heavy atom. The SMILES string of the molecule is CCCCCCOc1ccc(-c2cc(C(=C(C(=O)OCC)C(C(=O)O)=C3C4CC5CC(C4)CC3C5)C3CC3)cs2)cc1. The third-order valence-electron chi connectivity index (χ3n) is 9.82. The third-order valence-corrected chi connectivity index (χ3v) is 10.8. The number of carboxylic acids is 1. The van der Waals surface area contributed by atoms with Crippen molar-refractivity contribution < 1.29 is 24.2 Å². The predicted octanol–water partition coefficient (Wildman–Crippen LogP) is 8.94. The highest BCUT2D eigenvalue weighted by molar-refractivity contribution is 7.13. The number of aliphatic carboxylic acids is 1. The number of hydrogen-bond donors (Lipinski definition) is 1. The molecule has 0 spiro atoms. The topological polar surface area (TPSA) is 72.8 Å². The van der Waals surface area contributed by atoms with Crippen LogP contribution in [0, 0.1) is 29.6 Å². The van der Waals surface area contributed by atoms with E-state index in [2.05, 4.69) is 30.5 Å². The first-order chi connectivity index (χ1) is 20.5. The van der Waals surface area contributed by atoms with E-state index in [1.807, 2.05) is 12.1 Å². The highest BCUT2D eigenvalue weighted by Gasteiger charge is 2.48. The largest absolute Gasteiger partial charge is 0.494 e. The molecule has 7 rings (SSSR count). The minimum atomic E-state index is -0.973. The van der Waals surface area contributed by atoms with Gasteiger partial charge in [0, 0.05) is 4.88 Å². The Bertz CT molecular complexity index is 1330. The van der Waals surface area contributed by atoms with Gasteiger partial charge in [0.15, 0.2) is 0 Å². The summed E-state index contributed by atoms with van der Waals surface area (Å²) in [5.41, 5.74) is 4.55. The fourth-order valence-corrected chi connectivity index (χ4v) is 8.96. The zero-order valence-corrected chi connectivity index (χ0v) is 25.8. The lowest BCUT2D eigenvalue weighted by Gasteiger charge is -2.52. The minimum Gasteiger partial charge on any atom is -0.494 e. The Kier molecular flexibility index (Phi) is 8.90. The summed E-state index contributed by atoms with van der Waals surface area (Å²) in [4.78, 5) is 28.0. The number of hydrogen-bond acceptors (Lipinski definition) is 5. The van der Waals surface area contributed by atoms with E-state index in [0.717, 1.165) is 84.5 Å². The van der Waals surface area contributed by atoms with Crippen LogP contribution in [0.25, 0.3) is 16.0 Å². The predicted molar refractivity (Wildman–Crippen MR) is 167 cm³/mol. The van der Waals surface area contributed by atoms with Crippen LogP contribution in [-0.4, -0.2) is 30.3 Å². The van der Waals surface area contributed by atoms with Gasteiger partial charge in [0.25, 0.3) is 0 Å². The lowest BCUT2D eigenvalue weighted by atomic mass is 9.53. The van der Waals surface area contributed by atoms with Gasteiger partial charge in [-0.3, -0.25) is 0 Å². The molecule has 1 N–H and O–H groups in total. The second-order valence-corrected chi connectivity index (χ2v) is 13.8. The fraction of sp³-hybridized carbons (Fsp3) is 0.556. The van der Waals surface area contributed by atoms with Crippen LogP contribution >= 0.6 is 11.3 Å². The molecule has 5 aliphatic carbocycles. The maximum atomic E-state index is 13.7. The summed E-state index contributed by atoms with van der Waals surface area (Å²) >= 11 is 1.64. The molecular weight excluding hydrogens is 544 g/mol. The van der Waals surface area contributed by atoms with Gasteiger partial charge in [0.05, 0.1) is 24.4 Å². The maximum Gasteiger partial charge on any atom is 0.339 e. The Morgan fingerprint density at radius 3 is 2.21 bits per heavy atom. The summed E-state index contributed by atoms with van der Waals surface area (Å²) in [5.74, 6) is 1.59. The molecule has 5 saturated carbocycles. The van der Waals surface area contributed by atoms with Crippen molar-refractivity contribution in [1.29, 1.82) is 0 Å². The molecule has 2 aromatic rings. The second-order valence-electron chi connectivity index (χ2n) is 12.9. The zero-order valence-electron chi connectivity index (χ0n) is 25.0. The van der Waals surface area contributed by atoms with Crippen molar-refractivity contribution in [2.24, 2.45) is 29.6 Å². The van der Waals surface area contributed by atoms with Gasteiger partial charge in [0.2, 0.25) is 0 Å². The summed E-state index contributed by atoms with van der Waals surface area (Å²) in [5, 5.41) is 12.8. The van der Waals surface area contributed by atoms with Crippen LogP contribution in [0.2, 0.25) is 0 Å². The van der Waals surface area contributed by atoms with Crippen molar-refractivity contribution in [3.05, 3.63) is 58.0 Å². The molecule has 1 aromatic heterocycles.